The third kappa shape index (κ3) is 2.08. The van der Waals surface area contributed by atoms with Crippen LogP contribution < -0.4 is 0 Å². The number of carbonyl (C=O) groups is 2. The number of hydrogen-bond donors (Lipinski definition) is 0. The first kappa shape index (κ1) is 8.77. The van der Waals surface area contributed by atoms with E-state index in [-0.39, 0.29) is 12.3 Å². The molecule has 0 bridgehead atoms. The molecule has 0 aromatic heterocycles. The van der Waals surface area contributed by atoms with Crippen molar-refractivity contribution in [1.29, 1.82) is 0 Å². The molecule has 1 heterocycles. The molecule has 4 heteroatoms. The molecule has 1 aliphatic heterocycles. The van der Waals surface area contributed by atoms with Crippen molar-refractivity contribution in [2.24, 2.45) is 5.92 Å². The van der Waals surface area contributed by atoms with Gasteiger partial charge in [0.05, 0.1) is 25.7 Å². The van der Waals surface area contributed by atoms with E-state index >= 15 is 0 Å². The van der Waals surface area contributed by atoms with E-state index in [1.54, 1.807) is 6.08 Å². The number of ether oxygens (including phenoxy) is 2. The van der Waals surface area contributed by atoms with Gasteiger partial charge in [0.15, 0.2) is 0 Å². The van der Waals surface area contributed by atoms with E-state index in [1.807, 2.05) is 0 Å². The lowest BCUT2D eigenvalue weighted by atomic mass is 10.0. The van der Waals surface area contributed by atoms with Crippen molar-refractivity contribution in [1.82, 2.24) is 0 Å². The summed E-state index contributed by atoms with van der Waals surface area (Å²) in [6, 6.07) is 0. The molecule has 0 saturated carbocycles. The molecule has 1 atom stereocenters. The molecule has 0 spiro atoms. The van der Waals surface area contributed by atoms with E-state index in [0.29, 0.717) is 6.42 Å². The maximum absolute atomic E-state index is 10.9. The number of allylic oxidation sites excluding steroid dienone is 1. The Kier molecular flexibility index (Phi) is 2.85. The zero-order valence-corrected chi connectivity index (χ0v) is 6.78. The van der Waals surface area contributed by atoms with E-state index < -0.39 is 11.9 Å². The van der Waals surface area contributed by atoms with Gasteiger partial charge in [-0.1, -0.05) is 0 Å². The van der Waals surface area contributed by atoms with Gasteiger partial charge in [0.1, 0.15) is 0 Å². The van der Waals surface area contributed by atoms with Crippen molar-refractivity contribution in [3.8, 4) is 0 Å². The van der Waals surface area contributed by atoms with Crippen molar-refractivity contribution in [3.05, 3.63) is 12.3 Å². The number of methoxy groups -OCH3 is 1. The fraction of sp³-hybridized carbons (Fsp3) is 0.500. The molecular formula is C8H10O4. The summed E-state index contributed by atoms with van der Waals surface area (Å²) < 4.78 is 9.00. The standard InChI is InChI=1S/C8H10O4/c1-11-4-2-3-6-5-7(9)12-8(6)10/h2,4,6H,3,5H2,1H3/b4-2+. The Hall–Kier alpha value is -1.32. The molecule has 1 unspecified atom stereocenters. The van der Waals surface area contributed by atoms with Crippen molar-refractivity contribution in [2.75, 3.05) is 7.11 Å². The van der Waals surface area contributed by atoms with Gasteiger partial charge in [-0.25, -0.2) is 0 Å². The Bertz CT molecular complexity index is 219. The van der Waals surface area contributed by atoms with Crippen LogP contribution in [0.3, 0.4) is 0 Å². The van der Waals surface area contributed by atoms with E-state index in [4.69, 9.17) is 0 Å². The first-order valence-corrected chi connectivity index (χ1v) is 3.66. The molecule has 4 nitrogen and oxygen atoms in total. The predicted molar refractivity (Wildman–Crippen MR) is 40.0 cm³/mol. The number of hydrogen-bond acceptors (Lipinski definition) is 4. The largest absolute Gasteiger partial charge is 0.505 e. The summed E-state index contributed by atoms with van der Waals surface area (Å²) in [5, 5.41) is 0. The number of cyclic esters (lactones) is 2. The molecule has 12 heavy (non-hydrogen) atoms. The first-order valence-electron chi connectivity index (χ1n) is 3.66. The molecule has 0 N–H and O–H groups in total. The second-order valence-corrected chi connectivity index (χ2v) is 2.54. The highest BCUT2D eigenvalue weighted by Gasteiger charge is 2.32. The number of rotatable bonds is 3. The van der Waals surface area contributed by atoms with Crippen LogP contribution >= 0.6 is 0 Å². The van der Waals surface area contributed by atoms with Gasteiger partial charge in [-0.15, -0.1) is 0 Å². The zero-order chi connectivity index (χ0) is 8.97. The second-order valence-electron chi connectivity index (χ2n) is 2.54. The summed E-state index contributed by atoms with van der Waals surface area (Å²) in [6.45, 7) is 0. The highest BCUT2D eigenvalue weighted by atomic mass is 16.6. The fourth-order valence-corrected chi connectivity index (χ4v) is 1.02. The van der Waals surface area contributed by atoms with Gasteiger partial charge < -0.3 is 9.47 Å². The summed E-state index contributed by atoms with van der Waals surface area (Å²) in [7, 11) is 1.52. The minimum absolute atomic E-state index is 0.187. The van der Waals surface area contributed by atoms with Crippen LogP contribution in [0.4, 0.5) is 0 Å². The van der Waals surface area contributed by atoms with Gasteiger partial charge in [0.25, 0.3) is 0 Å². The normalized spacial score (nSPS) is 23.2. The lowest BCUT2D eigenvalue weighted by molar-refractivity contribution is -0.153. The van der Waals surface area contributed by atoms with Crippen LogP contribution in [0.1, 0.15) is 12.8 Å². The minimum Gasteiger partial charge on any atom is -0.505 e. The molecule has 1 rings (SSSR count). The maximum Gasteiger partial charge on any atom is 0.317 e. The third-order valence-electron chi connectivity index (χ3n) is 1.61. The fourth-order valence-electron chi connectivity index (χ4n) is 1.02. The number of carbonyl (C=O) groups excluding carboxylic acids is 2. The average Bonchev–Trinajstić information content (AvgIpc) is 2.31. The molecular weight excluding hydrogens is 160 g/mol. The SMILES string of the molecule is CO/C=C/CC1CC(=O)OC1=O. The lowest BCUT2D eigenvalue weighted by Gasteiger charge is -1.96. The van der Waals surface area contributed by atoms with Crippen molar-refractivity contribution in [2.45, 2.75) is 12.8 Å². The third-order valence-corrected chi connectivity index (χ3v) is 1.61. The molecule has 0 aliphatic carbocycles. The Morgan fingerprint density at radius 1 is 1.67 bits per heavy atom. The van der Waals surface area contributed by atoms with Crippen LogP contribution in [0.15, 0.2) is 12.3 Å². The van der Waals surface area contributed by atoms with Crippen LogP contribution in [0.2, 0.25) is 0 Å². The van der Waals surface area contributed by atoms with Gasteiger partial charge >= 0.3 is 11.9 Å². The van der Waals surface area contributed by atoms with Gasteiger partial charge in [-0.05, 0) is 12.5 Å². The smallest absolute Gasteiger partial charge is 0.317 e. The molecule has 0 aromatic carbocycles. The second kappa shape index (κ2) is 3.90. The molecule has 1 saturated heterocycles. The van der Waals surface area contributed by atoms with Gasteiger partial charge in [0, 0.05) is 0 Å². The van der Waals surface area contributed by atoms with Crippen molar-refractivity contribution >= 4 is 11.9 Å². The van der Waals surface area contributed by atoms with Crippen LogP contribution in [-0.2, 0) is 19.1 Å². The van der Waals surface area contributed by atoms with E-state index in [2.05, 4.69) is 9.47 Å². The summed E-state index contributed by atoms with van der Waals surface area (Å²) in [5.41, 5.74) is 0. The predicted octanol–water partition coefficient (Wildman–Crippen LogP) is 0.626. The van der Waals surface area contributed by atoms with Crippen LogP contribution in [0.25, 0.3) is 0 Å². The maximum atomic E-state index is 10.9. The van der Waals surface area contributed by atoms with Gasteiger partial charge in [0.2, 0.25) is 0 Å². The van der Waals surface area contributed by atoms with Crippen molar-refractivity contribution < 1.29 is 19.1 Å². The highest BCUT2D eigenvalue weighted by molar-refractivity contribution is 5.94. The van der Waals surface area contributed by atoms with Crippen molar-refractivity contribution in [3.63, 3.8) is 0 Å². The first-order chi connectivity index (χ1) is 5.74. The highest BCUT2D eigenvalue weighted by Crippen LogP contribution is 2.19. The molecule has 0 aromatic rings. The van der Waals surface area contributed by atoms with Gasteiger partial charge in [-0.2, -0.15) is 0 Å². The van der Waals surface area contributed by atoms with E-state index in [9.17, 15) is 9.59 Å². The summed E-state index contributed by atoms with van der Waals surface area (Å²) in [4.78, 5) is 21.5. The van der Waals surface area contributed by atoms with Crippen LogP contribution in [0.5, 0.6) is 0 Å². The molecule has 0 radical (unpaired) electrons. The quantitative estimate of drug-likeness (QED) is 0.354. The monoisotopic (exact) mass is 170 g/mol. The Morgan fingerprint density at radius 2 is 2.42 bits per heavy atom. The Labute approximate surface area is 70.1 Å². The summed E-state index contributed by atoms with van der Waals surface area (Å²) >= 11 is 0. The molecule has 1 aliphatic rings. The molecule has 0 amide bonds. The van der Waals surface area contributed by atoms with Gasteiger partial charge in [-0.3, -0.25) is 9.59 Å². The minimum atomic E-state index is -0.434. The number of esters is 2. The van der Waals surface area contributed by atoms with E-state index in [0.717, 1.165) is 0 Å². The topological polar surface area (TPSA) is 52.6 Å². The Morgan fingerprint density at radius 3 is 2.92 bits per heavy atom. The zero-order valence-electron chi connectivity index (χ0n) is 6.78. The van der Waals surface area contributed by atoms with E-state index in [1.165, 1.54) is 13.4 Å². The Balaban J connectivity index is 2.38. The van der Waals surface area contributed by atoms with Crippen LogP contribution in [-0.4, -0.2) is 19.0 Å². The summed E-state index contributed by atoms with van der Waals surface area (Å²) in [6.07, 6.45) is 3.87. The molecule has 1 fully saturated rings. The average molecular weight is 170 g/mol. The lowest BCUT2D eigenvalue weighted by Crippen LogP contribution is -2.05. The molecule has 66 valence electrons. The van der Waals surface area contributed by atoms with Crippen LogP contribution in [0, 0.1) is 5.92 Å². The summed E-state index contributed by atoms with van der Waals surface area (Å²) in [5.74, 6) is -1.18.